The van der Waals surface area contributed by atoms with E-state index in [2.05, 4.69) is 10.1 Å². The summed E-state index contributed by atoms with van der Waals surface area (Å²) in [6.45, 7) is 6.56. The van der Waals surface area contributed by atoms with Gasteiger partial charge < -0.3 is 4.74 Å². The number of amides is 1. The van der Waals surface area contributed by atoms with Crippen LogP contribution in [0.25, 0.3) is 0 Å². The molecule has 2 aromatic rings. The lowest BCUT2D eigenvalue weighted by atomic mass is 10.2. The highest BCUT2D eigenvalue weighted by Crippen LogP contribution is 2.27. The first-order chi connectivity index (χ1) is 10.8. The van der Waals surface area contributed by atoms with Gasteiger partial charge in [-0.15, -0.1) is 0 Å². The van der Waals surface area contributed by atoms with E-state index in [-0.39, 0.29) is 6.09 Å². The first-order valence-electron chi connectivity index (χ1n) is 7.15. The third-order valence-electron chi connectivity index (χ3n) is 3.11. The predicted molar refractivity (Wildman–Crippen MR) is 88.2 cm³/mol. The number of hydrogen-bond acceptors (Lipinski definition) is 5. The van der Waals surface area contributed by atoms with Crippen LogP contribution in [0.3, 0.4) is 0 Å². The van der Waals surface area contributed by atoms with Gasteiger partial charge in [0.1, 0.15) is 10.8 Å². The summed E-state index contributed by atoms with van der Waals surface area (Å²) >= 11 is 7.22. The molecule has 3 rings (SSSR count). The van der Waals surface area contributed by atoms with Crippen LogP contribution >= 0.6 is 23.5 Å². The van der Waals surface area contributed by atoms with Gasteiger partial charge in [0, 0.05) is 34.8 Å². The van der Waals surface area contributed by atoms with Crippen LogP contribution in [0.5, 0.6) is 0 Å². The smallest absolute Gasteiger partial charge is 0.410 e. The quantitative estimate of drug-likeness (QED) is 0.770. The Morgan fingerprint density at radius 2 is 2.13 bits per heavy atom. The van der Waals surface area contributed by atoms with Gasteiger partial charge in [-0.25, -0.2) is 13.9 Å². The van der Waals surface area contributed by atoms with Crippen molar-refractivity contribution in [1.29, 1.82) is 0 Å². The monoisotopic (exact) mass is 352 g/mol. The Hall–Kier alpha value is -1.73. The van der Waals surface area contributed by atoms with Gasteiger partial charge in [-0.3, -0.25) is 4.90 Å². The molecule has 122 valence electrons. The van der Waals surface area contributed by atoms with Crippen LogP contribution in [0.15, 0.2) is 29.4 Å². The second-order valence-electron chi connectivity index (χ2n) is 6.25. The maximum Gasteiger partial charge on any atom is 0.410 e. The molecule has 6 nitrogen and oxygen atoms in total. The van der Waals surface area contributed by atoms with Gasteiger partial charge in [0.05, 0.1) is 18.8 Å². The van der Waals surface area contributed by atoms with E-state index in [9.17, 15) is 4.79 Å². The number of fused-ring (bicyclic) bond motifs is 1. The Morgan fingerprint density at radius 1 is 1.35 bits per heavy atom. The Labute approximate surface area is 143 Å². The van der Waals surface area contributed by atoms with E-state index in [1.807, 2.05) is 33.0 Å². The molecule has 0 saturated carbocycles. The van der Waals surface area contributed by atoms with E-state index in [1.165, 1.54) is 11.9 Å². The normalized spacial score (nSPS) is 14.0. The van der Waals surface area contributed by atoms with Gasteiger partial charge in [0.25, 0.3) is 0 Å². The fourth-order valence-electron chi connectivity index (χ4n) is 2.15. The second kappa shape index (κ2) is 6.05. The number of carbonyl (C=O) groups is 1. The topological polar surface area (TPSA) is 60.2 Å². The number of ether oxygens (including phenoxy) is 1. The number of halogens is 1. The molecule has 0 spiro atoms. The van der Waals surface area contributed by atoms with Gasteiger partial charge >= 0.3 is 6.09 Å². The lowest BCUT2D eigenvalue weighted by Gasteiger charge is -2.24. The number of rotatable bonds is 2. The molecule has 8 heteroatoms. The third-order valence-corrected chi connectivity index (χ3v) is 4.16. The third kappa shape index (κ3) is 3.97. The summed E-state index contributed by atoms with van der Waals surface area (Å²) in [5.41, 5.74) is 1.43. The Bertz CT molecular complexity index is 701. The van der Waals surface area contributed by atoms with Crippen LogP contribution < -0.4 is 0 Å². The van der Waals surface area contributed by atoms with E-state index in [0.29, 0.717) is 18.2 Å². The minimum atomic E-state index is -0.492. The van der Waals surface area contributed by atoms with Gasteiger partial charge in [-0.1, -0.05) is 11.6 Å². The molecule has 0 radical (unpaired) electrons. The number of aromatic nitrogens is 3. The number of pyridine rings is 1. The van der Waals surface area contributed by atoms with Crippen LogP contribution in [-0.2, 0) is 17.8 Å². The highest BCUT2D eigenvalue weighted by molar-refractivity contribution is 7.97. The minimum Gasteiger partial charge on any atom is -0.444 e. The van der Waals surface area contributed by atoms with Crippen molar-refractivity contribution in [3.63, 3.8) is 0 Å². The number of carbonyl (C=O) groups excluding carboxylic acids is 1. The van der Waals surface area contributed by atoms with E-state index < -0.39 is 5.60 Å². The SMILES string of the molecule is CC(C)(C)OC(=O)N1Cc2cn(Sc3ccc(Cl)nc3)nc2C1. The molecule has 1 aliphatic rings. The first-order valence-corrected chi connectivity index (χ1v) is 8.30. The molecule has 2 aromatic heterocycles. The molecule has 1 amide bonds. The second-order valence-corrected chi connectivity index (χ2v) is 7.66. The standard InChI is InChI=1S/C15H17ClN4O2S/c1-15(2,3)22-14(21)19-7-10-8-20(18-12(10)9-19)23-11-4-5-13(16)17-6-11/h4-6,8H,7,9H2,1-3H3. The summed E-state index contributed by atoms with van der Waals surface area (Å²) in [5, 5.41) is 4.97. The average molecular weight is 353 g/mol. The summed E-state index contributed by atoms with van der Waals surface area (Å²) in [6.07, 6.45) is 3.32. The van der Waals surface area contributed by atoms with Crippen molar-refractivity contribution in [3.8, 4) is 0 Å². The van der Waals surface area contributed by atoms with Crippen molar-refractivity contribution >= 4 is 29.6 Å². The number of hydrogen-bond donors (Lipinski definition) is 0. The van der Waals surface area contributed by atoms with Crippen molar-refractivity contribution in [1.82, 2.24) is 19.1 Å². The fourth-order valence-corrected chi connectivity index (χ4v) is 3.03. The summed E-state index contributed by atoms with van der Waals surface area (Å²) in [6, 6.07) is 3.63. The van der Waals surface area contributed by atoms with Crippen molar-refractivity contribution in [2.24, 2.45) is 0 Å². The molecular formula is C15H17ClN4O2S. The number of nitrogens with zero attached hydrogens (tertiary/aromatic N) is 4. The fraction of sp³-hybridized carbons (Fsp3) is 0.400. The van der Waals surface area contributed by atoms with E-state index in [4.69, 9.17) is 16.3 Å². The molecule has 0 N–H and O–H groups in total. The molecule has 3 heterocycles. The largest absolute Gasteiger partial charge is 0.444 e. The molecule has 0 bridgehead atoms. The molecular weight excluding hydrogens is 336 g/mol. The van der Waals surface area contributed by atoms with Gasteiger partial charge in [-0.2, -0.15) is 5.10 Å². The van der Waals surface area contributed by atoms with E-state index >= 15 is 0 Å². The molecule has 0 atom stereocenters. The maximum absolute atomic E-state index is 12.1. The molecule has 0 fully saturated rings. The van der Waals surface area contributed by atoms with Gasteiger partial charge in [0.2, 0.25) is 0 Å². The molecule has 0 aliphatic carbocycles. The summed E-state index contributed by atoms with van der Waals surface area (Å²) < 4.78 is 7.17. The molecule has 0 saturated heterocycles. The first kappa shape index (κ1) is 16.1. The van der Waals surface area contributed by atoms with Crippen LogP contribution in [0.1, 0.15) is 32.0 Å². The van der Waals surface area contributed by atoms with Gasteiger partial charge in [-0.05, 0) is 32.9 Å². The highest BCUT2D eigenvalue weighted by atomic mass is 35.5. The summed E-state index contributed by atoms with van der Waals surface area (Å²) in [4.78, 5) is 18.7. The van der Waals surface area contributed by atoms with E-state index in [1.54, 1.807) is 21.3 Å². The Morgan fingerprint density at radius 3 is 2.74 bits per heavy atom. The Balaban J connectivity index is 1.64. The average Bonchev–Trinajstić information content (AvgIpc) is 2.97. The maximum atomic E-state index is 12.1. The van der Waals surface area contributed by atoms with Crippen LogP contribution in [0.2, 0.25) is 5.15 Å². The van der Waals surface area contributed by atoms with Crippen molar-refractivity contribution < 1.29 is 9.53 Å². The van der Waals surface area contributed by atoms with Crippen LogP contribution in [-0.4, -0.2) is 30.8 Å². The summed E-state index contributed by atoms with van der Waals surface area (Å²) in [7, 11) is 0. The van der Waals surface area contributed by atoms with Crippen molar-refractivity contribution in [2.45, 2.75) is 44.4 Å². The lowest BCUT2D eigenvalue weighted by molar-refractivity contribution is 0.0239. The Kier molecular flexibility index (Phi) is 4.25. The van der Waals surface area contributed by atoms with E-state index in [0.717, 1.165) is 16.2 Å². The zero-order valence-electron chi connectivity index (χ0n) is 13.1. The molecule has 0 unspecified atom stereocenters. The van der Waals surface area contributed by atoms with Crippen LogP contribution in [0.4, 0.5) is 4.79 Å². The zero-order valence-corrected chi connectivity index (χ0v) is 14.7. The molecule has 1 aliphatic heterocycles. The van der Waals surface area contributed by atoms with Crippen molar-refractivity contribution in [3.05, 3.63) is 40.9 Å². The minimum absolute atomic E-state index is 0.309. The summed E-state index contributed by atoms with van der Waals surface area (Å²) in [5.74, 6) is 0. The molecule has 0 aromatic carbocycles. The van der Waals surface area contributed by atoms with Crippen LogP contribution in [0, 0.1) is 0 Å². The highest BCUT2D eigenvalue weighted by Gasteiger charge is 2.30. The van der Waals surface area contributed by atoms with Gasteiger partial charge in [0.15, 0.2) is 0 Å². The van der Waals surface area contributed by atoms with Crippen molar-refractivity contribution in [2.75, 3.05) is 0 Å². The molecule has 23 heavy (non-hydrogen) atoms. The zero-order chi connectivity index (χ0) is 16.6. The lowest BCUT2D eigenvalue weighted by Crippen LogP contribution is -2.33. The predicted octanol–water partition coefficient (Wildman–Crippen LogP) is 3.74.